The number of anilines is 1. The monoisotopic (exact) mass is 320 g/mol. The Balaban J connectivity index is 2.15. The maximum absolute atomic E-state index is 8.87. The molecule has 18 heavy (non-hydrogen) atoms. The van der Waals surface area contributed by atoms with E-state index in [0.29, 0.717) is 5.56 Å². The number of rotatable bonds is 3. The molecule has 2 nitrogen and oxygen atoms in total. The molecule has 0 saturated carbocycles. The second-order valence-electron chi connectivity index (χ2n) is 4.12. The van der Waals surface area contributed by atoms with Crippen LogP contribution in [0.3, 0.4) is 0 Å². The van der Waals surface area contributed by atoms with Gasteiger partial charge in [0.15, 0.2) is 0 Å². The van der Waals surface area contributed by atoms with Crippen molar-refractivity contribution < 1.29 is 0 Å². The van der Waals surface area contributed by atoms with Gasteiger partial charge in [0.05, 0.1) is 11.6 Å². The van der Waals surface area contributed by atoms with Gasteiger partial charge in [-0.1, -0.05) is 0 Å². The molecule has 1 aromatic heterocycles. The lowest BCUT2D eigenvalue weighted by Gasteiger charge is -2.14. The van der Waals surface area contributed by atoms with Crippen molar-refractivity contribution in [3.05, 3.63) is 50.1 Å². The van der Waals surface area contributed by atoms with Gasteiger partial charge in [0.1, 0.15) is 6.07 Å². The predicted molar refractivity (Wildman–Crippen MR) is 80.0 cm³/mol. The van der Waals surface area contributed by atoms with Crippen molar-refractivity contribution in [1.82, 2.24) is 0 Å². The standard InChI is InChI=1S/C14H13BrN2S/c1-9-3-6-14(18-9)10(2)17-12-5-4-11(8-16)13(15)7-12/h3-7,10,17H,1-2H3. The summed E-state index contributed by atoms with van der Waals surface area (Å²) in [5, 5.41) is 12.3. The van der Waals surface area contributed by atoms with Crippen molar-refractivity contribution in [3.8, 4) is 6.07 Å². The maximum atomic E-state index is 8.87. The summed E-state index contributed by atoms with van der Waals surface area (Å²) in [6.45, 7) is 4.25. The van der Waals surface area contributed by atoms with Crippen LogP contribution in [0.15, 0.2) is 34.8 Å². The van der Waals surface area contributed by atoms with Gasteiger partial charge in [0.2, 0.25) is 0 Å². The molecule has 92 valence electrons. The fourth-order valence-corrected chi connectivity index (χ4v) is 3.05. The number of aryl methyl sites for hydroxylation is 1. The highest BCUT2D eigenvalue weighted by Crippen LogP contribution is 2.27. The molecule has 0 aliphatic carbocycles. The largest absolute Gasteiger partial charge is 0.378 e. The van der Waals surface area contributed by atoms with Gasteiger partial charge in [-0.3, -0.25) is 0 Å². The minimum absolute atomic E-state index is 0.267. The molecule has 0 radical (unpaired) electrons. The molecule has 1 unspecified atom stereocenters. The number of hydrogen-bond donors (Lipinski definition) is 1. The summed E-state index contributed by atoms with van der Waals surface area (Å²) >= 11 is 5.20. The van der Waals surface area contributed by atoms with Crippen LogP contribution in [0, 0.1) is 18.3 Å². The minimum Gasteiger partial charge on any atom is -0.378 e. The summed E-state index contributed by atoms with van der Waals surface area (Å²) in [5.74, 6) is 0. The van der Waals surface area contributed by atoms with E-state index in [9.17, 15) is 0 Å². The molecule has 0 aliphatic heterocycles. The molecule has 0 bridgehead atoms. The molecular formula is C14H13BrN2S. The lowest BCUT2D eigenvalue weighted by atomic mass is 10.2. The highest BCUT2D eigenvalue weighted by molar-refractivity contribution is 9.10. The first-order chi connectivity index (χ1) is 8.60. The van der Waals surface area contributed by atoms with Crippen molar-refractivity contribution in [1.29, 1.82) is 5.26 Å². The average molecular weight is 321 g/mol. The van der Waals surface area contributed by atoms with Gasteiger partial charge >= 0.3 is 0 Å². The lowest BCUT2D eigenvalue weighted by molar-refractivity contribution is 0.908. The molecule has 2 aromatic rings. The fraction of sp³-hybridized carbons (Fsp3) is 0.214. The molecule has 1 aromatic carbocycles. The molecule has 0 amide bonds. The summed E-state index contributed by atoms with van der Waals surface area (Å²) in [6, 6.07) is 12.4. The van der Waals surface area contributed by atoms with Crippen LogP contribution in [-0.2, 0) is 0 Å². The highest BCUT2D eigenvalue weighted by atomic mass is 79.9. The minimum atomic E-state index is 0.267. The molecule has 0 aliphatic rings. The SMILES string of the molecule is Cc1ccc(C(C)Nc2ccc(C#N)c(Br)c2)s1. The van der Waals surface area contributed by atoms with E-state index < -0.39 is 0 Å². The number of hydrogen-bond acceptors (Lipinski definition) is 3. The van der Waals surface area contributed by atoms with Crippen molar-refractivity contribution in [2.24, 2.45) is 0 Å². The van der Waals surface area contributed by atoms with Gasteiger partial charge in [-0.25, -0.2) is 0 Å². The first-order valence-electron chi connectivity index (χ1n) is 5.62. The van der Waals surface area contributed by atoms with Crippen LogP contribution in [0.25, 0.3) is 0 Å². The average Bonchev–Trinajstić information content (AvgIpc) is 2.76. The summed E-state index contributed by atoms with van der Waals surface area (Å²) in [7, 11) is 0. The van der Waals surface area contributed by atoms with E-state index in [1.54, 1.807) is 11.3 Å². The number of thiophene rings is 1. The van der Waals surface area contributed by atoms with E-state index in [0.717, 1.165) is 10.2 Å². The number of halogens is 1. The first-order valence-corrected chi connectivity index (χ1v) is 7.23. The van der Waals surface area contributed by atoms with Crippen LogP contribution in [0.5, 0.6) is 0 Å². The number of benzene rings is 1. The zero-order chi connectivity index (χ0) is 13.1. The zero-order valence-electron chi connectivity index (χ0n) is 10.2. The Hall–Kier alpha value is -1.31. The quantitative estimate of drug-likeness (QED) is 0.876. The third-order valence-corrected chi connectivity index (χ3v) is 4.50. The zero-order valence-corrected chi connectivity index (χ0v) is 12.6. The maximum Gasteiger partial charge on any atom is 0.100 e. The molecular weight excluding hydrogens is 308 g/mol. The van der Waals surface area contributed by atoms with E-state index in [2.05, 4.69) is 53.3 Å². The van der Waals surface area contributed by atoms with Crippen LogP contribution >= 0.6 is 27.3 Å². The summed E-state index contributed by atoms with van der Waals surface area (Å²) in [4.78, 5) is 2.63. The van der Waals surface area contributed by atoms with E-state index in [4.69, 9.17) is 5.26 Å². The van der Waals surface area contributed by atoms with Crippen molar-refractivity contribution >= 4 is 33.0 Å². The Morgan fingerprint density at radius 1 is 1.33 bits per heavy atom. The fourth-order valence-electron chi connectivity index (χ4n) is 1.70. The molecule has 0 fully saturated rings. The summed E-state index contributed by atoms with van der Waals surface area (Å²) in [6.07, 6.45) is 0. The van der Waals surface area contributed by atoms with Crippen LogP contribution in [0.4, 0.5) is 5.69 Å². The third kappa shape index (κ3) is 2.92. The van der Waals surface area contributed by atoms with Gasteiger partial charge in [-0.05, 0) is 60.1 Å². The van der Waals surface area contributed by atoms with Gasteiger partial charge in [-0.15, -0.1) is 11.3 Å². The van der Waals surface area contributed by atoms with Crippen LogP contribution in [0.1, 0.15) is 28.3 Å². The van der Waals surface area contributed by atoms with Gasteiger partial charge in [-0.2, -0.15) is 5.26 Å². The lowest BCUT2D eigenvalue weighted by Crippen LogP contribution is -2.04. The van der Waals surface area contributed by atoms with Gasteiger partial charge < -0.3 is 5.32 Å². The van der Waals surface area contributed by atoms with E-state index >= 15 is 0 Å². The number of nitriles is 1. The Labute approximate surface area is 119 Å². The smallest absolute Gasteiger partial charge is 0.100 e. The Kier molecular flexibility index (Phi) is 4.05. The number of nitrogens with zero attached hydrogens (tertiary/aromatic N) is 1. The Bertz CT molecular complexity index is 598. The topological polar surface area (TPSA) is 35.8 Å². The van der Waals surface area contributed by atoms with Crippen molar-refractivity contribution in [3.63, 3.8) is 0 Å². The molecule has 1 heterocycles. The third-order valence-electron chi connectivity index (χ3n) is 2.66. The van der Waals surface area contributed by atoms with Crippen LogP contribution in [0.2, 0.25) is 0 Å². The second-order valence-corrected chi connectivity index (χ2v) is 6.29. The molecule has 2 rings (SSSR count). The number of nitrogens with one attached hydrogen (secondary N) is 1. The summed E-state index contributed by atoms with van der Waals surface area (Å²) in [5.41, 5.74) is 1.67. The Morgan fingerprint density at radius 3 is 2.67 bits per heavy atom. The van der Waals surface area contributed by atoms with Gasteiger partial charge in [0.25, 0.3) is 0 Å². The van der Waals surface area contributed by atoms with Crippen molar-refractivity contribution in [2.45, 2.75) is 19.9 Å². The van der Waals surface area contributed by atoms with E-state index in [1.807, 2.05) is 18.2 Å². The normalized spacial score (nSPS) is 11.9. The van der Waals surface area contributed by atoms with Crippen LogP contribution in [-0.4, -0.2) is 0 Å². The van der Waals surface area contributed by atoms with Crippen LogP contribution < -0.4 is 5.32 Å². The van der Waals surface area contributed by atoms with E-state index in [-0.39, 0.29) is 6.04 Å². The Morgan fingerprint density at radius 2 is 2.11 bits per heavy atom. The molecule has 1 atom stereocenters. The molecule has 1 N–H and O–H groups in total. The highest BCUT2D eigenvalue weighted by Gasteiger charge is 2.08. The molecule has 4 heteroatoms. The van der Waals surface area contributed by atoms with Crippen molar-refractivity contribution in [2.75, 3.05) is 5.32 Å². The second kappa shape index (κ2) is 5.55. The van der Waals surface area contributed by atoms with E-state index in [1.165, 1.54) is 9.75 Å². The molecule has 0 spiro atoms. The molecule has 0 saturated heterocycles. The first kappa shape index (κ1) is 13.1. The van der Waals surface area contributed by atoms with Gasteiger partial charge in [0, 0.05) is 19.9 Å². The summed E-state index contributed by atoms with van der Waals surface area (Å²) < 4.78 is 0.824. The predicted octanol–water partition coefficient (Wildman–Crippen LogP) is 4.86.